The van der Waals surface area contributed by atoms with Crippen molar-refractivity contribution in [1.29, 1.82) is 0 Å². The zero-order chi connectivity index (χ0) is 12.3. The molecule has 2 aromatic rings. The predicted octanol–water partition coefficient (Wildman–Crippen LogP) is 2.99. The number of anilines is 1. The van der Waals surface area contributed by atoms with E-state index >= 15 is 0 Å². The molecule has 88 valence electrons. The van der Waals surface area contributed by atoms with E-state index in [4.69, 9.17) is 0 Å². The van der Waals surface area contributed by atoms with Gasteiger partial charge in [-0.05, 0) is 38.3 Å². The van der Waals surface area contributed by atoms with E-state index in [0.717, 1.165) is 22.0 Å². The van der Waals surface area contributed by atoms with Gasteiger partial charge in [0.05, 0.1) is 5.71 Å². The maximum Gasteiger partial charge on any atom is 0.243 e. The van der Waals surface area contributed by atoms with Crippen LogP contribution in [-0.2, 0) is 0 Å². The molecule has 0 fully saturated rings. The fourth-order valence-electron chi connectivity index (χ4n) is 1.45. The molecule has 1 N–H and O–H groups in total. The molecule has 2 aromatic heterocycles. The smallest absolute Gasteiger partial charge is 0.243 e. The first-order valence-electron chi connectivity index (χ1n) is 5.31. The standard InChI is InChI=1S/C12H14N4S/c1-8-7-9(2)14-12(13-8)16-15-10(3)11-5-4-6-17-11/h4-7H,1-3H3,(H,13,14,16)/b15-10+. The van der Waals surface area contributed by atoms with Crippen LogP contribution in [0.5, 0.6) is 0 Å². The molecule has 17 heavy (non-hydrogen) atoms. The van der Waals surface area contributed by atoms with Gasteiger partial charge in [0.15, 0.2) is 0 Å². The molecule has 5 heteroatoms. The summed E-state index contributed by atoms with van der Waals surface area (Å²) in [7, 11) is 0. The highest BCUT2D eigenvalue weighted by Crippen LogP contribution is 2.10. The summed E-state index contributed by atoms with van der Waals surface area (Å²) in [6.07, 6.45) is 0. The molecule has 2 rings (SSSR count). The van der Waals surface area contributed by atoms with E-state index in [1.165, 1.54) is 0 Å². The van der Waals surface area contributed by atoms with E-state index in [1.807, 2.05) is 44.4 Å². The highest BCUT2D eigenvalue weighted by Gasteiger charge is 2.00. The molecule has 0 saturated carbocycles. The molecule has 0 bridgehead atoms. The second kappa shape index (κ2) is 5.05. The molecule has 0 radical (unpaired) electrons. The fourth-order valence-corrected chi connectivity index (χ4v) is 2.13. The summed E-state index contributed by atoms with van der Waals surface area (Å²) in [4.78, 5) is 9.66. The average molecular weight is 246 g/mol. The van der Waals surface area contributed by atoms with E-state index < -0.39 is 0 Å². The Morgan fingerprint density at radius 2 is 2.00 bits per heavy atom. The molecule has 0 saturated heterocycles. The fraction of sp³-hybridized carbons (Fsp3) is 0.250. The number of nitrogens with zero attached hydrogens (tertiary/aromatic N) is 3. The lowest BCUT2D eigenvalue weighted by atomic mass is 10.3. The Bertz CT molecular complexity index is 511. The minimum Gasteiger partial charge on any atom is -0.245 e. The van der Waals surface area contributed by atoms with Crippen LogP contribution >= 0.6 is 11.3 Å². The predicted molar refractivity (Wildman–Crippen MR) is 71.7 cm³/mol. The van der Waals surface area contributed by atoms with Crippen molar-refractivity contribution in [2.75, 3.05) is 5.43 Å². The van der Waals surface area contributed by atoms with Gasteiger partial charge in [0.25, 0.3) is 0 Å². The Hall–Kier alpha value is -1.75. The SMILES string of the molecule is C/C(=N\Nc1nc(C)cc(C)n1)c1cccs1. The molecule has 4 nitrogen and oxygen atoms in total. The molecular formula is C12H14N4S. The van der Waals surface area contributed by atoms with E-state index in [9.17, 15) is 0 Å². The van der Waals surface area contributed by atoms with Crippen LogP contribution in [-0.4, -0.2) is 15.7 Å². The van der Waals surface area contributed by atoms with E-state index in [0.29, 0.717) is 5.95 Å². The minimum atomic E-state index is 0.540. The van der Waals surface area contributed by atoms with Crippen LogP contribution < -0.4 is 5.43 Å². The Balaban J connectivity index is 2.14. The Morgan fingerprint density at radius 1 is 1.29 bits per heavy atom. The first-order valence-corrected chi connectivity index (χ1v) is 6.19. The van der Waals surface area contributed by atoms with E-state index in [1.54, 1.807) is 11.3 Å². The number of nitrogens with one attached hydrogen (secondary N) is 1. The summed E-state index contributed by atoms with van der Waals surface area (Å²) < 4.78 is 0. The molecule has 0 spiro atoms. The van der Waals surface area contributed by atoms with Crippen molar-refractivity contribution in [3.05, 3.63) is 39.8 Å². The summed E-state index contributed by atoms with van der Waals surface area (Å²) in [6.45, 7) is 5.84. The van der Waals surface area contributed by atoms with Crippen LogP contribution in [0.3, 0.4) is 0 Å². The van der Waals surface area contributed by atoms with Gasteiger partial charge in [-0.15, -0.1) is 11.3 Å². The zero-order valence-electron chi connectivity index (χ0n) is 10.1. The van der Waals surface area contributed by atoms with Crippen LogP contribution in [0, 0.1) is 13.8 Å². The van der Waals surface area contributed by atoms with Crippen molar-refractivity contribution in [3.63, 3.8) is 0 Å². The summed E-state index contributed by atoms with van der Waals surface area (Å²) in [5.74, 6) is 0.540. The molecule has 0 aliphatic heterocycles. The molecule has 2 heterocycles. The van der Waals surface area contributed by atoms with Gasteiger partial charge in [0.1, 0.15) is 0 Å². The lowest BCUT2D eigenvalue weighted by Gasteiger charge is -2.02. The number of aryl methyl sites for hydroxylation is 2. The van der Waals surface area contributed by atoms with Crippen molar-refractivity contribution < 1.29 is 0 Å². The molecule has 0 unspecified atom stereocenters. The third kappa shape index (κ3) is 3.10. The Morgan fingerprint density at radius 3 is 2.59 bits per heavy atom. The number of aromatic nitrogens is 2. The number of hydrogen-bond acceptors (Lipinski definition) is 5. The van der Waals surface area contributed by atoms with Gasteiger partial charge in [-0.25, -0.2) is 15.4 Å². The second-order valence-electron chi connectivity index (χ2n) is 3.76. The number of thiophene rings is 1. The lowest BCUT2D eigenvalue weighted by Crippen LogP contribution is -2.02. The average Bonchev–Trinajstić information content (AvgIpc) is 2.78. The molecule has 0 aliphatic carbocycles. The largest absolute Gasteiger partial charge is 0.245 e. The molecule has 0 amide bonds. The number of rotatable bonds is 3. The molecule has 0 aliphatic rings. The van der Waals surface area contributed by atoms with Crippen LogP contribution in [0.25, 0.3) is 0 Å². The van der Waals surface area contributed by atoms with Gasteiger partial charge >= 0.3 is 0 Å². The van der Waals surface area contributed by atoms with Gasteiger partial charge in [-0.1, -0.05) is 6.07 Å². The highest BCUT2D eigenvalue weighted by atomic mass is 32.1. The van der Waals surface area contributed by atoms with Crippen LogP contribution in [0.4, 0.5) is 5.95 Å². The van der Waals surface area contributed by atoms with Crippen molar-refractivity contribution >= 4 is 23.0 Å². The van der Waals surface area contributed by atoms with Gasteiger partial charge in [0, 0.05) is 16.3 Å². The Labute approximate surface area is 104 Å². The second-order valence-corrected chi connectivity index (χ2v) is 4.71. The quantitative estimate of drug-likeness (QED) is 0.669. The summed E-state index contributed by atoms with van der Waals surface area (Å²) in [5.41, 5.74) is 5.69. The summed E-state index contributed by atoms with van der Waals surface area (Å²) in [6, 6.07) is 5.97. The van der Waals surface area contributed by atoms with Crippen molar-refractivity contribution in [3.8, 4) is 0 Å². The van der Waals surface area contributed by atoms with Crippen LogP contribution in [0.1, 0.15) is 23.2 Å². The van der Waals surface area contributed by atoms with Crippen molar-refractivity contribution in [2.24, 2.45) is 5.10 Å². The minimum absolute atomic E-state index is 0.540. The Kier molecular flexibility index (Phi) is 3.49. The molecular weight excluding hydrogens is 232 g/mol. The third-order valence-electron chi connectivity index (χ3n) is 2.18. The van der Waals surface area contributed by atoms with Crippen LogP contribution in [0.15, 0.2) is 28.7 Å². The topological polar surface area (TPSA) is 50.2 Å². The van der Waals surface area contributed by atoms with Crippen LogP contribution in [0.2, 0.25) is 0 Å². The van der Waals surface area contributed by atoms with E-state index in [2.05, 4.69) is 20.5 Å². The number of hydrogen-bond donors (Lipinski definition) is 1. The monoisotopic (exact) mass is 246 g/mol. The number of hydrazone groups is 1. The van der Waals surface area contributed by atoms with E-state index in [-0.39, 0.29) is 0 Å². The maximum absolute atomic E-state index is 4.27. The lowest BCUT2D eigenvalue weighted by molar-refractivity contribution is 1.03. The molecule has 0 atom stereocenters. The maximum atomic E-state index is 4.27. The van der Waals surface area contributed by atoms with Crippen molar-refractivity contribution in [1.82, 2.24) is 9.97 Å². The first-order chi connectivity index (χ1) is 8.15. The van der Waals surface area contributed by atoms with Crippen molar-refractivity contribution in [2.45, 2.75) is 20.8 Å². The third-order valence-corrected chi connectivity index (χ3v) is 3.16. The highest BCUT2D eigenvalue weighted by molar-refractivity contribution is 7.12. The zero-order valence-corrected chi connectivity index (χ0v) is 10.9. The molecule has 0 aromatic carbocycles. The van der Waals surface area contributed by atoms with Gasteiger partial charge < -0.3 is 0 Å². The summed E-state index contributed by atoms with van der Waals surface area (Å²) >= 11 is 1.66. The first kappa shape index (κ1) is 11.7. The van der Waals surface area contributed by atoms with Gasteiger partial charge in [0.2, 0.25) is 5.95 Å². The normalized spacial score (nSPS) is 11.6. The summed E-state index contributed by atoms with van der Waals surface area (Å²) in [5, 5.41) is 6.30. The van der Waals surface area contributed by atoms with Gasteiger partial charge in [-0.2, -0.15) is 5.10 Å². The van der Waals surface area contributed by atoms with Gasteiger partial charge in [-0.3, -0.25) is 0 Å².